The summed E-state index contributed by atoms with van der Waals surface area (Å²) in [6, 6.07) is 17.5. The van der Waals surface area contributed by atoms with Gasteiger partial charge in [0.25, 0.3) is 0 Å². The first kappa shape index (κ1) is 13.2. The van der Waals surface area contributed by atoms with Gasteiger partial charge in [-0.3, -0.25) is 4.79 Å². The first-order valence-corrected chi connectivity index (χ1v) is 6.13. The Morgan fingerprint density at radius 3 is 2.05 bits per heavy atom. The van der Waals surface area contributed by atoms with Crippen molar-refractivity contribution in [3.8, 4) is 11.1 Å². The molecule has 1 unspecified atom stereocenters. The van der Waals surface area contributed by atoms with Crippen molar-refractivity contribution in [3.63, 3.8) is 0 Å². The Hall–Kier alpha value is -2.19. The Kier molecular flexibility index (Phi) is 3.93. The van der Waals surface area contributed by atoms with Crippen LogP contribution in [0.3, 0.4) is 0 Å². The van der Waals surface area contributed by atoms with Gasteiger partial charge in [-0.05, 0) is 23.6 Å². The van der Waals surface area contributed by atoms with Crippen LogP contribution >= 0.6 is 0 Å². The maximum atomic E-state index is 11.2. The standard InChI is InChI=1S/C17H16O2/c1-12(13(2)18)17(19)16-10-8-15(9-11-16)14-6-4-3-5-7-14/h3-11,17,19H,1H2,2H3. The number of carbonyl (C=O) groups excluding carboxylic acids is 1. The van der Waals surface area contributed by atoms with Crippen molar-refractivity contribution >= 4 is 5.78 Å². The second kappa shape index (κ2) is 5.63. The lowest BCUT2D eigenvalue weighted by atomic mass is 9.97. The Bertz CT molecular complexity index is 582. The molecule has 0 bridgehead atoms. The second-order valence-corrected chi connectivity index (χ2v) is 4.47. The predicted octanol–water partition coefficient (Wildman–Crippen LogP) is 3.53. The maximum absolute atomic E-state index is 11.2. The highest BCUT2D eigenvalue weighted by molar-refractivity contribution is 5.93. The van der Waals surface area contributed by atoms with E-state index in [-0.39, 0.29) is 11.4 Å². The van der Waals surface area contributed by atoms with Crippen LogP contribution in [0.25, 0.3) is 11.1 Å². The molecule has 0 saturated heterocycles. The van der Waals surface area contributed by atoms with Crippen molar-refractivity contribution in [3.05, 3.63) is 72.3 Å². The van der Waals surface area contributed by atoms with Gasteiger partial charge < -0.3 is 5.11 Å². The van der Waals surface area contributed by atoms with Crippen LogP contribution in [0.2, 0.25) is 0 Å². The molecule has 0 heterocycles. The molecule has 0 aliphatic carbocycles. The monoisotopic (exact) mass is 252 g/mol. The van der Waals surface area contributed by atoms with Gasteiger partial charge in [0.15, 0.2) is 5.78 Å². The van der Waals surface area contributed by atoms with E-state index in [9.17, 15) is 9.90 Å². The molecule has 0 aliphatic heterocycles. The van der Waals surface area contributed by atoms with E-state index in [1.807, 2.05) is 54.6 Å². The van der Waals surface area contributed by atoms with E-state index in [2.05, 4.69) is 6.58 Å². The lowest BCUT2D eigenvalue weighted by Crippen LogP contribution is -2.07. The van der Waals surface area contributed by atoms with Crippen LogP contribution in [0.4, 0.5) is 0 Å². The first-order valence-electron chi connectivity index (χ1n) is 6.13. The summed E-state index contributed by atoms with van der Waals surface area (Å²) >= 11 is 0. The third-order valence-electron chi connectivity index (χ3n) is 3.12. The van der Waals surface area contributed by atoms with Crippen LogP contribution in [-0.4, -0.2) is 10.9 Å². The van der Waals surface area contributed by atoms with Crippen LogP contribution < -0.4 is 0 Å². The molecule has 2 nitrogen and oxygen atoms in total. The molecule has 96 valence electrons. The van der Waals surface area contributed by atoms with Crippen molar-refractivity contribution in [1.29, 1.82) is 0 Å². The van der Waals surface area contributed by atoms with Gasteiger partial charge in [0.1, 0.15) is 6.10 Å². The summed E-state index contributed by atoms with van der Waals surface area (Å²) in [6.45, 7) is 5.02. The minimum Gasteiger partial charge on any atom is -0.384 e. The number of hydrogen-bond acceptors (Lipinski definition) is 2. The fourth-order valence-electron chi connectivity index (χ4n) is 1.88. The number of carbonyl (C=O) groups is 1. The highest BCUT2D eigenvalue weighted by Gasteiger charge is 2.14. The molecule has 2 aromatic rings. The third kappa shape index (κ3) is 2.98. The molecular weight excluding hydrogens is 236 g/mol. The molecule has 0 spiro atoms. The topological polar surface area (TPSA) is 37.3 Å². The molecule has 0 saturated carbocycles. The number of Topliss-reactive ketones (excluding diaryl/α,β-unsaturated/α-hetero) is 1. The van der Waals surface area contributed by atoms with Crippen molar-refractivity contribution in [2.24, 2.45) is 0 Å². The lowest BCUT2D eigenvalue weighted by molar-refractivity contribution is -0.114. The summed E-state index contributed by atoms with van der Waals surface area (Å²) < 4.78 is 0. The van der Waals surface area contributed by atoms with Gasteiger partial charge in [-0.2, -0.15) is 0 Å². The Morgan fingerprint density at radius 1 is 1.00 bits per heavy atom. The van der Waals surface area contributed by atoms with E-state index in [1.165, 1.54) is 6.92 Å². The van der Waals surface area contributed by atoms with Crippen molar-refractivity contribution in [1.82, 2.24) is 0 Å². The SMILES string of the molecule is C=C(C(C)=O)C(O)c1ccc(-c2ccccc2)cc1. The molecule has 1 N–H and O–H groups in total. The fraction of sp³-hybridized carbons (Fsp3) is 0.118. The average Bonchev–Trinajstić information content (AvgIpc) is 2.46. The quantitative estimate of drug-likeness (QED) is 0.845. The smallest absolute Gasteiger partial charge is 0.158 e. The molecular formula is C17H16O2. The van der Waals surface area contributed by atoms with Crippen molar-refractivity contribution in [2.75, 3.05) is 0 Å². The molecule has 0 aliphatic rings. The Morgan fingerprint density at radius 2 is 1.53 bits per heavy atom. The summed E-state index contributed by atoms with van der Waals surface area (Å²) in [5, 5.41) is 10.0. The number of ketones is 1. The van der Waals surface area contributed by atoms with Gasteiger partial charge in [0.2, 0.25) is 0 Å². The zero-order chi connectivity index (χ0) is 13.8. The van der Waals surface area contributed by atoms with E-state index in [1.54, 1.807) is 0 Å². The van der Waals surface area contributed by atoms with Crippen LogP contribution in [0.15, 0.2) is 66.7 Å². The predicted molar refractivity (Wildman–Crippen MR) is 76.7 cm³/mol. The fourth-order valence-corrected chi connectivity index (χ4v) is 1.88. The van der Waals surface area contributed by atoms with Gasteiger partial charge in [-0.25, -0.2) is 0 Å². The van der Waals surface area contributed by atoms with E-state index >= 15 is 0 Å². The van der Waals surface area contributed by atoms with Crippen LogP contribution in [-0.2, 0) is 4.79 Å². The molecule has 0 amide bonds. The summed E-state index contributed by atoms with van der Waals surface area (Å²) in [5.41, 5.74) is 3.09. The maximum Gasteiger partial charge on any atom is 0.158 e. The summed E-state index contributed by atoms with van der Waals surface area (Å²) in [7, 11) is 0. The van der Waals surface area contributed by atoms with E-state index in [4.69, 9.17) is 0 Å². The highest BCUT2D eigenvalue weighted by Crippen LogP contribution is 2.25. The summed E-state index contributed by atoms with van der Waals surface area (Å²) in [4.78, 5) is 11.2. The van der Waals surface area contributed by atoms with Crippen LogP contribution in [0.1, 0.15) is 18.6 Å². The molecule has 19 heavy (non-hydrogen) atoms. The van der Waals surface area contributed by atoms with Gasteiger partial charge in [-0.1, -0.05) is 61.2 Å². The van der Waals surface area contributed by atoms with Gasteiger partial charge in [0.05, 0.1) is 0 Å². The number of aliphatic hydroxyl groups excluding tert-OH is 1. The molecule has 2 heteroatoms. The van der Waals surface area contributed by atoms with E-state index in [0.717, 1.165) is 11.1 Å². The normalized spacial score (nSPS) is 11.9. The van der Waals surface area contributed by atoms with Gasteiger partial charge in [-0.15, -0.1) is 0 Å². The second-order valence-electron chi connectivity index (χ2n) is 4.47. The third-order valence-corrected chi connectivity index (χ3v) is 3.12. The zero-order valence-electron chi connectivity index (χ0n) is 10.8. The Balaban J connectivity index is 2.24. The lowest BCUT2D eigenvalue weighted by Gasteiger charge is -2.12. The summed E-state index contributed by atoms with van der Waals surface area (Å²) in [6.07, 6.45) is -0.928. The van der Waals surface area contributed by atoms with E-state index < -0.39 is 6.10 Å². The van der Waals surface area contributed by atoms with Crippen LogP contribution in [0, 0.1) is 0 Å². The van der Waals surface area contributed by atoms with Crippen LogP contribution in [0.5, 0.6) is 0 Å². The zero-order valence-corrected chi connectivity index (χ0v) is 10.8. The average molecular weight is 252 g/mol. The Labute approximate surface area is 113 Å². The minimum atomic E-state index is -0.928. The molecule has 2 aromatic carbocycles. The minimum absolute atomic E-state index is 0.195. The highest BCUT2D eigenvalue weighted by atomic mass is 16.3. The van der Waals surface area contributed by atoms with Crippen molar-refractivity contribution in [2.45, 2.75) is 13.0 Å². The molecule has 0 radical (unpaired) electrons. The number of aliphatic hydroxyl groups is 1. The summed E-state index contributed by atoms with van der Waals surface area (Å²) in [5.74, 6) is -0.195. The molecule has 1 atom stereocenters. The van der Waals surface area contributed by atoms with E-state index in [0.29, 0.717) is 5.56 Å². The molecule has 0 fully saturated rings. The van der Waals surface area contributed by atoms with Crippen molar-refractivity contribution < 1.29 is 9.90 Å². The molecule has 0 aromatic heterocycles. The van der Waals surface area contributed by atoms with Gasteiger partial charge >= 0.3 is 0 Å². The number of benzene rings is 2. The molecule has 2 rings (SSSR count). The number of rotatable bonds is 4. The van der Waals surface area contributed by atoms with Gasteiger partial charge in [0, 0.05) is 5.57 Å². The largest absolute Gasteiger partial charge is 0.384 e. The number of hydrogen-bond donors (Lipinski definition) is 1. The first-order chi connectivity index (χ1) is 9.09.